The van der Waals surface area contributed by atoms with Crippen molar-refractivity contribution >= 4 is 11.6 Å². The molecule has 1 unspecified atom stereocenters. The number of rotatable bonds is 5. The van der Waals surface area contributed by atoms with Crippen molar-refractivity contribution in [1.29, 1.82) is 0 Å². The highest BCUT2D eigenvalue weighted by atomic mass is 16.5. The molecule has 20 heavy (non-hydrogen) atoms. The van der Waals surface area contributed by atoms with E-state index >= 15 is 0 Å². The molecule has 1 fully saturated rings. The van der Waals surface area contributed by atoms with E-state index in [4.69, 9.17) is 10.6 Å². The minimum absolute atomic E-state index is 0.382. The monoisotopic (exact) mass is 280 g/mol. The number of hydrogen-bond acceptors (Lipinski definition) is 7. The average molecular weight is 280 g/mol. The number of ether oxygens (including phenoxy) is 1. The van der Waals surface area contributed by atoms with Gasteiger partial charge in [0.15, 0.2) is 5.82 Å². The van der Waals surface area contributed by atoms with E-state index in [2.05, 4.69) is 39.0 Å². The predicted octanol–water partition coefficient (Wildman–Crippen LogP) is 0.439. The molecule has 7 heteroatoms. The molecule has 3 N–H and O–H groups in total. The van der Waals surface area contributed by atoms with Crippen LogP contribution in [0.25, 0.3) is 0 Å². The lowest BCUT2D eigenvalue weighted by Crippen LogP contribution is -2.52. The standard InChI is InChI=1S/C13H24N6O/c1-4-18-5-6-19(8-10(18)2)13-7-11(17-14)15-12(16-13)9-20-3/h7,10H,4-6,8-9,14H2,1-3H3,(H,15,16,17). The third-order valence-corrected chi connectivity index (χ3v) is 3.68. The third-order valence-electron chi connectivity index (χ3n) is 3.68. The molecule has 112 valence electrons. The second-order valence-corrected chi connectivity index (χ2v) is 5.03. The van der Waals surface area contributed by atoms with Crippen molar-refractivity contribution in [3.05, 3.63) is 11.9 Å². The van der Waals surface area contributed by atoms with Crippen LogP contribution in [0.15, 0.2) is 6.07 Å². The highest BCUT2D eigenvalue weighted by molar-refractivity contribution is 5.49. The largest absolute Gasteiger partial charge is 0.377 e. The summed E-state index contributed by atoms with van der Waals surface area (Å²) in [7, 11) is 1.63. The van der Waals surface area contributed by atoms with Crippen LogP contribution < -0.4 is 16.2 Å². The number of hydrazine groups is 1. The average Bonchev–Trinajstić information content (AvgIpc) is 2.47. The van der Waals surface area contributed by atoms with E-state index in [9.17, 15) is 0 Å². The van der Waals surface area contributed by atoms with Crippen molar-refractivity contribution in [2.45, 2.75) is 26.5 Å². The van der Waals surface area contributed by atoms with Gasteiger partial charge in [0.05, 0.1) is 0 Å². The lowest BCUT2D eigenvalue weighted by molar-refractivity contribution is 0.177. The molecule has 7 nitrogen and oxygen atoms in total. The van der Waals surface area contributed by atoms with E-state index in [1.807, 2.05) is 6.07 Å². The number of hydrogen-bond donors (Lipinski definition) is 2. The smallest absolute Gasteiger partial charge is 0.158 e. The topological polar surface area (TPSA) is 79.5 Å². The number of piperazine rings is 1. The van der Waals surface area contributed by atoms with E-state index in [-0.39, 0.29) is 0 Å². The normalized spacial score (nSPS) is 20.2. The van der Waals surface area contributed by atoms with Gasteiger partial charge in [0.1, 0.15) is 18.2 Å². The van der Waals surface area contributed by atoms with Crippen molar-refractivity contribution in [3.63, 3.8) is 0 Å². The molecule has 1 aromatic rings. The SMILES string of the molecule is CCN1CCN(c2cc(NN)nc(COC)n2)CC1C. The van der Waals surface area contributed by atoms with E-state index in [0.29, 0.717) is 24.3 Å². The number of nitrogens with two attached hydrogens (primary N) is 1. The summed E-state index contributed by atoms with van der Waals surface area (Å²) in [4.78, 5) is 13.6. The maximum absolute atomic E-state index is 5.48. The minimum atomic E-state index is 0.382. The lowest BCUT2D eigenvalue weighted by Gasteiger charge is -2.40. The van der Waals surface area contributed by atoms with Gasteiger partial charge in [0, 0.05) is 38.9 Å². The Hall–Kier alpha value is -1.44. The Morgan fingerprint density at radius 3 is 2.85 bits per heavy atom. The molecule has 0 bridgehead atoms. The summed E-state index contributed by atoms with van der Waals surface area (Å²) in [6.07, 6.45) is 0. The Kier molecular flexibility index (Phi) is 5.11. The van der Waals surface area contributed by atoms with Crippen LogP contribution >= 0.6 is 0 Å². The van der Waals surface area contributed by atoms with Crippen molar-refractivity contribution in [2.75, 3.05) is 43.6 Å². The van der Waals surface area contributed by atoms with Crippen molar-refractivity contribution in [3.8, 4) is 0 Å². The highest BCUT2D eigenvalue weighted by Crippen LogP contribution is 2.19. The number of methoxy groups -OCH3 is 1. The van der Waals surface area contributed by atoms with Gasteiger partial charge in [-0.3, -0.25) is 4.90 Å². The Balaban J connectivity index is 2.17. The molecule has 0 spiro atoms. The maximum Gasteiger partial charge on any atom is 0.158 e. The van der Waals surface area contributed by atoms with Crippen LogP contribution in [0.4, 0.5) is 11.6 Å². The molecule has 1 atom stereocenters. The van der Waals surface area contributed by atoms with Gasteiger partial charge in [0.25, 0.3) is 0 Å². The van der Waals surface area contributed by atoms with Crippen molar-refractivity contribution in [1.82, 2.24) is 14.9 Å². The summed E-state index contributed by atoms with van der Waals surface area (Å²) in [5.41, 5.74) is 2.59. The predicted molar refractivity (Wildman–Crippen MR) is 79.5 cm³/mol. The quantitative estimate of drug-likeness (QED) is 0.598. The van der Waals surface area contributed by atoms with E-state index in [1.165, 1.54) is 0 Å². The van der Waals surface area contributed by atoms with Crippen LogP contribution in [0, 0.1) is 0 Å². The molecule has 2 heterocycles. The molecule has 1 aliphatic rings. The molecular formula is C13H24N6O. The molecule has 0 amide bonds. The second-order valence-electron chi connectivity index (χ2n) is 5.03. The summed E-state index contributed by atoms with van der Waals surface area (Å²) in [6, 6.07) is 2.40. The zero-order valence-corrected chi connectivity index (χ0v) is 12.5. The van der Waals surface area contributed by atoms with E-state index in [0.717, 1.165) is 32.0 Å². The van der Waals surface area contributed by atoms with Gasteiger partial charge in [-0.1, -0.05) is 6.92 Å². The Morgan fingerprint density at radius 2 is 2.25 bits per heavy atom. The zero-order chi connectivity index (χ0) is 14.5. The molecule has 0 aromatic carbocycles. The van der Waals surface area contributed by atoms with Crippen LogP contribution in [0.5, 0.6) is 0 Å². The van der Waals surface area contributed by atoms with Gasteiger partial charge in [-0.05, 0) is 13.5 Å². The fourth-order valence-corrected chi connectivity index (χ4v) is 2.59. The van der Waals surface area contributed by atoms with Crippen LogP contribution in [-0.4, -0.2) is 54.2 Å². The van der Waals surface area contributed by atoms with Crippen molar-refractivity contribution in [2.24, 2.45) is 5.84 Å². The van der Waals surface area contributed by atoms with E-state index < -0.39 is 0 Å². The number of aromatic nitrogens is 2. The Bertz CT molecular complexity index is 441. The molecule has 1 aromatic heterocycles. The fourth-order valence-electron chi connectivity index (χ4n) is 2.59. The van der Waals surface area contributed by atoms with Crippen LogP contribution in [-0.2, 0) is 11.3 Å². The van der Waals surface area contributed by atoms with Crippen molar-refractivity contribution < 1.29 is 4.74 Å². The first-order valence-electron chi connectivity index (χ1n) is 7.00. The minimum Gasteiger partial charge on any atom is -0.377 e. The summed E-state index contributed by atoms with van der Waals surface area (Å²) in [5.74, 6) is 7.64. The number of likely N-dealkylation sites (N-methyl/N-ethyl adjacent to an activating group) is 1. The molecule has 0 aliphatic carbocycles. The second kappa shape index (κ2) is 6.83. The summed E-state index contributed by atoms with van der Waals surface area (Å²) in [6.45, 7) is 8.88. The van der Waals surface area contributed by atoms with Gasteiger partial charge >= 0.3 is 0 Å². The molecule has 1 aliphatic heterocycles. The Labute approximate surface area is 120 Å². The lowest BCUT2D eigenvalue weighted by atomic mass is 10.2. The zero-order valence-electron chi connectivity index (χ0n) is 12.5. The molecule has 0 saturated carbocycles. The number of nitrogen functional groups attached to an aromatic ring is 1. The summed E-state index contributed by atoms with van der Waals surface area (Å²) in [5, 5.41) is 0. The van der Waals surface area contributed by atoms with Gasteiger partial charge in [-0.2, -0.15) is 0 Å². The first-order valence-corrected chi connectivity index (χ1v) is 7.00. The molecule has 1 saturated heterocycles. The van der Waals surface area contributed by atoms with Gasteiger partial charge in [0.2, 0.25) is 0 Å². The van der Waals surface area contributed by atoms with Crippen LogP contribution in [0.3, 0.4) is 0 Å². The molecular weight excluding hydrogens is 256 g/mol. The fraction of sp³-hybridized carbons (Fsp3) is 0.692. The third kappa shape index (κ3) is 3.36. The number of nitrogens with one attached hydrogen (secondary N) is 1. The maximum atomic E-state index is 5.48. The van der Waals surface area contributed by atoms with Crippen LogP contribution in [0.2, 0.25) is 0 Å². The summed E-state index contributed by atoms with van der Waals surface area (Å²) < 4.78 is 5.10. The molecule has 2 rings (SSSR count). The van der Waals surface area contributed by atoms with E-state index in [1.54, 1.807) is 7.11 Å². The van der Waals surface area contributed by atoms with Gasteiger partial charge in [-0.15, -0.1) is 0 Å². The molecule has 0 radical (unpaired) electrons. The van der Waals surface area contributed by atoms with Gasteiger partial charge < -0.3 is 15.1 Å². The Morgan fingerprint density at radius 1 is 1.45 bits per heavy atom. The summed E-state index contributed by atoms with van der Waals surface area (Å²) >= 11 is 0. The van der Waals surface area contributed by atoms with Crippen LogP contribution in [0.1, 0.15) is 19.7 Å². The first-order chi connectivity index (χ1) is 9.67. The number of anilines is 2. The first kappa shape index (κ1) is 15.0. The highest BCUT2D eigenvalue weighted by Gasteiger charge is 2.23. The number of nitrogens with zero attached hydrogens (tertiary/aromatic N) is 4. The van der Waals surface area contributed by atoms with Gasteiger partial charge in [-0.25, -0.2) is 15.8 Å².